The third-order valence-electron chi connectivity index (χ3n) is 7.66. The van der Waals surface area contributed by atoms with Crippen molar-refractivity contribution in [3.05, 3.63) is 57.6 Å². The summed E-state index contributed by atoms with van der Waals surface area (Å²) in [4.78, 5) is 12.8. The normalized spacial score (nSPS) is 13.6. The second kappa shape index (κ2) is 11.7. The maximum absolute atomic E-state index is 12.8. The SMILES string of the molecule is CC(C)C(C)c1cc(CCNC(=O)CCc2cc(C(C)(C)C)c(O)c(C(C)(C)C)c2)cc(C(C)(C)C)c1O. The van der Waals surface area contributed by atoms with Gasteiger partial charge in [-0.1, -0.05) is 107 Å². The first-order valence-corrected chi connectivity index (χ1v) is 14.2. The summed E-state index contributed by atoms with van der Waals surface area (Å²) in [6.07, 6.45) is 1.74. The Labute approximate surface area is 232 Å². The molecule has 38 heavy (non-hydrogen) atoms. The van der Waals surface area contributed by atoms with Gasteiger partial charge in [-0.15, -0.1) is 0 Å². The van der Waals surface area contributed by atoms with Crippen LogP contribution in [0.4, 0.5) is 0 Å². The van der Waals surface area contributed by atoms with E-state index < -0.39 is 0 Å². The van der Waals surface area contributed by atoms with Crippen LogP contribution >= 0.6 is 0 Å². The van der Waals surface area contributed by atoms with Gasteiger partial charge >= 0.3 is 0 Å². The van der Waals surface area contributed by atoms with Crippen molar-refractivity contribution in [1.82, 2.24) is 5.32 Å². The van der Waals surface area contributed by atoms with Gasteiger partial charge in [0, 0.05) is 13.0 Å². The maximum atomic E-state index is 12.8. The largest absolute Gasteiger partial charge is 0.507 e. The molecule has 0 bridgehead atoms. The number of amides is 1. The van der Waals surface area contributed by atoms with Crippen LogP contribution in [-0.2, 0) is 33.9 Å². The molecule has 1 amide bonds. The molecule has 0 fully saturated rings. The van der Waals surface area contributed by atoms with Crippen LogP contribution in [0, 0.1) is 5.92 Å². The maximum Gasteiger partial charge on any atom is 0.220 e. The van der Waals surface area contributed by atoms with Crippen LogP contribution in [0.3, 0.4) is 0 Å². The van der Waals surface area contributed by atoms with Gasteiger partial charge in [0.25, 0.3) is 0 Å². The molecule has 1 atom stereocenters. The fraction of sp³-hybridized carbons (Fsp3) is 0.618. The molecule has 0 aliphatic carbocycles. The lowest BCUT2D eigenvalue weighted by Gasteiger charge is -2.28. The molecule has 2 rings (SSSR count). The zero-order chi connectivity index (χ0) is 29.2. The van der Waals surface area contributed by atoms with Gasteiger partial charge in [0.2, 0.25) is 5.91 Å². The minimum atomic E-state index is -0.190. The lowest BCUT2D eigenvalue weighted by atomic mass is 9.78. The Kier molecular flexibility index (Phi) is 9.78. The minimum Gasteiger partial charge on any atom is -0.507 e. The van der Waals surface area contributed by atoms with Crippen molar-refractivity contribution in [2.24, 2.45) is 5.92 Å². The van der Waals surface area contributed by atoms with Gasteiger partial charge in [-0.05, 0) is 74.3 Å². The molecule has 0 heterocycles. The number of aromatic hydroxyl groups is 2. The van der Waals surface area contributed by atoms with E-state index in [2.05, 4.69) is 113 Å². The summed E-state index contributed by atoms with van der Waals surface area (Å²) in [5, 5.41) is 25.1. The van der Waals surface area contributed by atoms with Crippen LogP contribution in [0.15, 0.2) is 24.3 Å². The Hall–Kier alpha value is -2.49. The summed E-state index contributed by atoms with van der Waals surface area (Å²) in [5.41, 5.74) is 5.46. The molecule has 1 unspecified atom stereocenters. The van der Waals surface area contributed by atoms with Gasteiger partial charge in [0.15, 0.2) is 0 Å². The van der Waals surface area contributed by atoms with E-state index in [0.717, 1.165) is 33.4 Å². The van der Waals surface area contributed by atoms with E-state index in [0.29, 0.717) is 43.2 Å². The van der Waals surface area contributed by atoms with E-state index in [4.69, 9.17) is 0 Å². The summed E-state index contributed by atoms with van der Waals surface area (Å²) in [6.45, 7) is 26.1. The molecule has 0 saturated heterocycles. The first-order valence-electron chi connectivity index (χ1n) is 14.2. The van der Waals surface area contributed by atoms with Crippen LogP contribution in [0.25, 0.3) is 0 Å². The molecular formula is C34H53NO3. The lowest BCUT2D eigenvalue weighted by molar-refractivity contribution is -0.121. The minimum absolute atomic E-state index is 0.0262. The topological polar surface area (TPSA) is 69.6 Å². The molecule has 0 spiro atoms. The highest BCUT2D eigenvalue weighted by Gasteiger charge is 2.27. The van der Waals surface area contributed by atoms with Crippen molar-refractivity contribution >= 4 is 5.91 Å². The predicted molar refractivity (Wildman–Crippen MR) is 161 cm³/mol. The van der Waals surface area contributed by atoms with E-state index in [-0.39, 0.29) is 28.1 Å². The number of rotatable bonds is 8. The van der Waals surface area contributed by atoms with Gasteiger partial charge in [0.1, 0.15) is 11.5 Å². The number of hydrogen-bond acceptors (Lipinski definition) is 3. The second-order valence-electron chi connectivity index (χ2n) is 14.5. The zero-order valence-corrected chi connectivity index (χ0v) is 26.1. The fourth-order valence-corrected chi connectivity index (χ4v) is 4.82. The first-order chi connectivity index (χ1) is 17.2. The molecule has 0 aromatic heterocycles. The molecule has 3 N–H and O–H groups in total. The number of carbonyl (C=O) groups excluding carboxylic acids is 1. The number of nitrogens with one attached hydrogen (secondary N) is 1. The van der Waals surface area contributed by atoms with Crippen molar-refractivity contribution in [1.29, 1.82) is 0 Å². The average molecular weight is 524 g/mol. The highest BCUT2D eigenvalue weighted by Crippen LogP contribution is 2.41. The third kappa shape index (κ3) is 8.01. The molecule has 212 valence electrons. The number of carbonyl (C=O) groups is 1. The van der Waals surface area contributed by atoms with Crippen LogP contribution in [0.5, 0.6) is 11.5 Å². The summed E-state index contributed by atoms with van der Waals surface area (Å²) >= 11 is 0. The van der Waals surface area contributed by atoms with Gasteiger partial charge < -0.3 is 15.5 Å². The molecule has 0 radical (unpaired) electrons. The lowest BCUT2D eigenvalue weighted by Crippen LogP contribution is -2.26. The quantitative estimate of drug-likeness (QED) is 0.328. The first kappa shape index (κ1) is 31.7. The highest BCUT2D eigenvalue weighted by atomic mass is 16.3. The zero-order valence-electron chi connectivity index (χ0n) is 26.1. The fourth-order valence-electron chi connectivity index (χ4n) is 4.82. The van der Waals surface area contributed by atoms with E-state index >= 15 is 0 Å². The molecule has 2 aromatic carbocycles. The summed E-state index contributed by atoms with van der Waals surface area (Å²) < 4.78 is 0. The molecule has 4 nitrogen and oxygen atoms in total. The Morgan fingerprint density at radius 3 is 1.55 bits per heavy atom. The Bertz CT molecular complexity index is 1090. The van der Waals surface area contributed by atoms with E-state index in [1.165, 1.54) is 0 Å². The monoisotopic (exact) mass is 523 g/mol. The Morgan fingerprint density at radius 2 is 1.13 bits per heavy atom. The van der Waals surface area contributed by atoms with E-state index in [9.17, 15) is 15.0 Å². The Morgan fingerprint density at radius 1 is 0.711 bits per heavy atom. The van der Waals surface area contributed by atoms with Crippen molar-refractivity contribution in [2.75, 3.05) is 6.54 Å². The van der Waals surface area contributed by atoms with Gasteiger partial charge in [-0.2, -0.15) is 0 Å². The highest BCUT2D eigenvalue weighted by molar-refractivity contribution is 5.76. The van der Waals surface area contributed by atoms with Crippen molar-refractivity contribution in [3.63, 3.8) is 0 Å². The summed E-state index contributed by atoms with van der Waals surface area (Å²) in [5.74, 6) is 1.46. The van der Waals surface area contributed by atoms with Crippen LogP contribution in [-0.4, -0.2) is 22.7 Å². The standard InChI is InChI=1S/C34H53NO3/c1-21(2)22(3)25-17-24(20-26(30(25)37)32(4,5)6)15-16-35-29(36)14-13-23-18-27(33(7,8)9)31(38)28(19-23)34(10,11)12/h17-22,37-38H,13-16H2,1-12H3,(H,35,36). The number of phenols is 2. The van der Waals surface area contributed by atoms with Crippen LogP contribution in [0.1, 0.15) is 129 Å². The molecular weight excluding hydrogens is 470 g/mol. The second-order valence-corrected chi connectivity index (χ2v) is 14.5. The van der Waals surface area contributed by atoms with E-state index in [1.54, 1.807) is 0 Å². The summed E-state index contributed by atoms with van der Waals surface area (Å²) in [6, 6.07) is 8.32. The van der Waals surface area contributed by atoms with Crippen molar-refractivity contribution in [2.45, 2.75) is 125 Å². The molecule has 0 aliphatic heterocycles. The molecule has 0 aliphatic rings. The van der Waals surface area contributed by atoms with Gasteiger partial charge in [-0.3, -0.25) is 4.79 Å². The van der Waals surface area contributed by atoms with E-state index in [1.807, 2.05) is 0 Å². The van der Waals surface area contributed by atoms with Crippen molar-refractivity contribution < 1.29 is 15.0 Å². The number of hydrogen-bond donors (Lipinski definition) is 3. The van der Waals surface area contributed by atoms with Gasteiger partial charge in [-0.25, -0.2) is 0 Å². The van der Waals surface area contributed by atoms with Gasteiger partial charge in [0.05, 0.1) is 0 Å². The number of aryl methyl sites for hydroxylation is 1. The molecule has 0 saturated carbocycles. The smallest absolute Gasteiger partial charge is 0.220 e. The predicted octanol–water partition coefficient (Wildman–Crippen LogP) is 8.04. The molecule has 4 heteroatoms. The average Bonchev–Trinajstić information content (AvgIpc) is 2.76. The Balaban J connectivity index is 2.14. The molecule has 2 aromatic rings. The third-order valence-corrected chi connectivity index (χ3v) is 7.66. The van der Waals surface area contributed by atoms with Crippen molar-refractivity contribution in [3.8, 4) is 11.5 Å². The van der Waals surface area contributed by atoms with Crippen LogP contribution < -0.4 is 5.32 Å². The summed E-state index contributed by atoms with van der Waals surface area (Å²) in [7, 11) is 0. The van der Waals surface area contributed by atoms with Crippen LogP contribution in [0.2, 0.25) is 0 Å². The number of benzene rings is 2. The number of phenolic OH excluding ortho intramolecular Hbond substituents is 2.